The van der Waals surface area contributed by atoms with E-state index in [-0.39, 0.29) is 41.6 Å². The number of carbonyl (C=O) groups is 2. The van der Waals surface area contributed by atoms with Crippen LogP contribution in [0.15, 0.2) is 35.8 Å². The van der Waals surface area contributed by atoms with Crippen LogP contribution in [0.2, 0.25) is 0 Å². The number of benzene rings is 1. The van der Waals surface area contributed by atoms with Crippen LogP contribution in [0.3, 0.4) is 0 Å². The largest absolute Gasteiger partial charge is 0.476 e. The van der Waals surface area contributed by atoms with Gasteiger partial charge in [-0.1, -0.05) is 18.2 Å². The van der Waals surface area contributed by atoms with E-state index in [1.54, 1.807) is 22.5 Å². The number of aromatic nitrogens is 3. The minimum Gasteiger partial charge on any atom is -0.476 e. The number of carbonyl (C=O) groups excluding carboxylic acids is 1. The fourth-order valence-electron chi connectivity index (χ4n) is 5.88. The van der Waals surface area contributed by atoms with Crippen molar-refractivity contribution in [2.24, 2.45) is 0 Å². The molecule has 0 bridgehead atoms. The quantitative estimate of drug-likeness (QED) is 0.435. The van der Waals surface area contributed by atoms with Gasteiger partial charge in [0.1, 0.15) is 0 Å². The summed E-state index contributed by atoms with van der Waals surface area (Å²) >= 11 is 1.32. The van der Waals surface area contributed by atoms with E-state index in [1.807, 2.05) is 4.68 Å². The molecule has 3 aliphatic rings. The number of aromatic carboxylic acids is 1. The molecule has 206 valence electrons. The van der Waals surface area contributed by atoms with Crippen LogP contribution < -0.4 is 4.90 Å². The van der Waals surface area contributed by atoms with Crippen LogP contribution in [0.1, 0.15) is 87.6 Å². The van der Waals surface area contributed by atoms with Crippen LogP contribution in [-0.4, -0.2) is 62.8 Å². The average molecular weight is 560 g/mol. The molecule has 1 saturated carbocycles. The molecule has 2 aliphatic heterocycles. The Bertz CT molecular complexity index is 1390. The normalized spacial score (nSPS) is 20.5. The van der Waals surface area contributed by atoms with Crippen molar-refractivity contribution in [2.45, 2.75) is 56.2 Å². The fraction of sp³-hybridized carbons (Fsp3) is 0.481. The van der Waals surface area contributed by atoms with Gasteiger partial charge in [0, 0.05) is 43.4 Å². The molecule has 3 fully saturated rings. The summed E-state index contributed by atoms with van der Waals surface area (Å²) in [6, 6.07) is 5.77. The van der Waals surface area contributed by atoms with E-state index in [1.165, 1.54) is 23.5 Å². The first kappa shape index (κ1) is 25.8. The monoisotopic (exact) mass is 559 g/mol. The Labute approximate surface area is 227 Å². The molecule has 2 aromatic heterocycles. The number of halogens is 3. The van der Waals surface area contributed by atoms with Crippen LogP contribution in [0.25, 0.3) is 0 Å². The first-order valence-corrected chi connectivity index (χ1v) is 14.0. The summed E-state index contributed by atoms with van der Waals surface area (Å²) < 4.78 is 42.7. The highest BCUT2D eigenvalue weighted by atomic mass is 32.1. The predicted octanol–water partition coefficient (Wildman–Crippen LogP) is 5.41. The lowest BCUT2D eigenvalue weighted by atomic mass is 9.93. The number of likely N-dealkylation sites (tertiary alicyclic amines) is 1. The lowest BCUT2D eigenvalue weighted by Crippen LogP contribution is -2.35. The van der Waals surface area contributed by atoms with E-state index in [2.05, 4.69) is 15.0 Å². The zero-order valence-corrected chi connectivity index (χ0v) is 21.9. The van der Waals surface area contributed by atoms with Crippen molar-refractivity contribution in [2.75, 3.05) is 31.1 Å². The molecular formula is C27H28F3N5O3S. The van der Waals surface area contributed by atoms with E-state index < -0.39 is 17.7 Å². The van der Waals surface area contributed by atoms with Gasteiger partial charge >= 0.3 is 12.1 Å². The molecule has 1 unspecified atom stereocenters. The maximum Gasteiger partial charge on any atom is 0.416 e. The first-order valence-electron chi connectivity index (χ1n) is 13.2. The number of carboxylic acids is 1. The van der Waals surface area contributed by atoms with Crippen LogP contribution in [0, 0.1) is 0 Å². The molecule has 1 aliphatic carbocycles. The number of anilines is 1. The number of carboxylic acid groups (broad SMARTS) is 1. The average Bonchev–Trinajstić information content (AvgIpc) is 3.32. The van der Waals surface area contributed by atoms with Gasteiger partial charge in [0.25, 0.3) is 5.91 Å². The van der Waals surface area contributed by atoms with E-state index in [0.717, 1.165) is 37.4 Å². The minimum atomic E-state index is -4.43. The Balaban J connectivity index is 1.16. The van der Waals surface area contributed by atoms with Crippen LogP contribution in [0.4, 0.5) is 18.3 Å². The smallest absolute Gasteiger partial charge is 0.416 e. The fourth-order valence-corrected chi connectivity index (χ4v) is 6.73. The maximum absolute atomic E-state index is 13.6. The van der Waals surface area contributed by atoms with Gasteiger partial charge in [-0.3, -0.25) is 9.48 Å². The van der Waals surface area contributed by atoms with Gasteiger partial charge in [-0.05, 0) is 43.7 Å². The summed E-state index contributed by atoms with van der Waals surface area (Å²) in [7, 11) is 0. The van der Waals surface area contributed by atoms with Gasteiger partial charge < -0.3 is 14.9 Å². The van der Waals surface area contributed by atoms with Gasteiger partial charge in [-0.25, -0.2) is 9.78 Å². The molecule has 4 heterocycles. The maximum atomic E-state index is 13.6. The van der Waals surface area contributed by atoms with Gasteiger partial charge in [-0.15, -0.1) is 11.3 Å². The van der Waals surface area contributed by atoms with E-state index in [9.17, 15) is 22.8 Å². The Hall–Kier alpha value is -3.41. The van der Waals surface area contributed by atoms with Crippen molar-refractivity contribution < 1.29 is 27.9 Å². The van der Waals surface area contributed by atoms with Crippen molar-refractivity contribution in [3.05, 3.63) is 63.9 Å². The molecular weight excluding hydrogens is 531 g/mol. The highest BCUT2D eigenvalue weighted by Crippen LogP contribution is 2.45. The zero-order chi connectivity index (χ0) is 27.3. The van der Waals surface area contributed by atoms with E-state index in [4.69, 9.17) is 5.11 Å². The Kier molecular flexibility index (Phi) is 6.60. The summed E-state index contributed by atoms with van der Waals surface area (Å²) in [5, 5.41) is 16.1. The minimum absolute atomic E-state index is 0.0504. The third-order valence-electron chi connectivity index (χ3n) is 8.00. The summed E-state index contributed by atoms with van der Waals surface area (Å²) in [4.78, 5) is 32.8. The second-order valence-electron chi connectivity index (χ2n) is 10.5. The molecule has 2 saturated heterocycles. The Morgan fingerprint density at radius 1 is 1.00 bits per heavy atom. The number of rotatable bonds is 6. The van der Waals surface area contributed by atoms with Crippen LogP contribution in [-0.2, 0) is 6.18 Å². The lowest BCUT2D eigenvalue weighted by molar-refractivity contribution is -0.138. The molecule has 0 spiro atoms. The number of piperidine rings is 1. The van der Waals surface area contributed by atoms with Crippen molar-refractivity contribution >= 4 is 28.3 Å². The van der Waals surface area contributed by atoms with E-state index in [0.29, 0.717) is 36.8 Å². The van der Waals surface area contributed by atoms with Crippen molar-refractivity contribution in [3.8, 4) is 0 Å². The summed E-state index contributed by atoms with van der Waals surface area (Å²) in [5.41, 5.74) is 1.19. The van der Waals surface area contributed by atoms with Gasteiger partial charge in [0.2, 0.25) is 0 Å². The molecule has 6 rings (SSSR count). The lowest BCUT2D eigenvalue weighted by Gasteiger charge is -2.32. The van der Waals surface area contributed by atoms with Crippen molar-refractivity contribution in [3.63, 3.8) is 0 Å². The topological polar surface area (TPSA) is 91.6 Å². The highest BCUT2D eigenvalue weighted by Gasteiger charge is 2.40. The van der Waals surface area contributed by atoms with Crippen molar-refractivity contribution in [1.82, 2.24) is 19.7 Å². The SMILES string of the molecule is O=C(O)c1csc(N2CCC(n3ncc(C(=O)N4CCC(c5ccccc5C(F)(F)F)C4)c3C3CC3)CC2)n1. The third kappa shape index (κ3) is 5.02. The number of hydrogen-bond acceptors (Lipinski definition) is 6. The molecule has 1 atom stereocenters. The van der Waals surface area contributed by atoms with Gasteiger partial charge in [0.05, 0.1) is 29.1 Å². The predicted molar refractivity (Wildman–Crippen MR) is 138 cm³/mol. The van der Waals surface area contributed by atoms with Gasteiger partial charge in [0.15, 0.2) is 10.8 Å². The number of alkyl halides is 3. The molecule has 1 N–H and O–H groups in total. The van der Waals surface area contributed by atoms with Crippen LogP contribution in [0.5, 0.6) is 0 Å². The van der Waals surface area contributed by atoms with E-state index >= 15 is 0 Å². The Morgan fingerprint density at radius 3 is 2.41 bits per heavy atom. The summed E-state index contributed by atoms with van der Waals surface area (Å²) in [6.45, 7) is 2.08. The summed E-state index contributed by atoms with van der Waals surface area (Å²) in [5.74, 6) is -1.28. The molecule has 39 heavy (non-hydrogen) atoms. The molecule has 12 heteroatoms. The first-order chi connectivity index (χ1) is 18.7. The number of hydrogen-bond donors (Lipinski definition) is 1. The third-order valence-corrected chi connectivity index (χ3v) is 8.90. The second kappa shape index (κ2) is 9.96. The highest BCUT2D eigenvalue weighted by molar-refractivity contribution is 7.13. The standard InChI is InChI=1S/C27H28F3N5O3S/c28-27(29,30)21-4-2-1-3-19(21)17-7-10-34(14-17)24(36)20-13-31-35(23(20)16-5-6-16)18-8-11-33(12-9-18)26-32-22(15-39-26)25(37)38/h1-4,13,15-18H,5-12,14H2,(H,37,38). The number of amides is 1. The molecule has 1 aromatic carbocycles. The Morgan fingerprint density at radius 2 is 1.74 bits per heavy atom. The number of nitrogens with zero attached hydrogens (tertiary/aromatic N) is 5. The second-order valence-corrected chi connectivity index (χ2v) is 11.4. The molecule has 0 radical (unpaired) electrons. The van der Waals surface area contributed by atoms with Crippen LogP contribution >= 0.6 is 11.3 Å². The molecule has 1 amide bonds. The summed E-state index contributed by atoms with van der Waals surface area (Å²) in [6.07, 6.45) is 1.26. The molecule has 3 aromatic rings. The van der Waals surface area contributed by atoms with Crippen molar-refractivity contribution in [1.29, 1.82) is 0 Å². The molecule has 8 nitrogen and oxygen atoms in total. The zero-order valence-electron chi connectivity index (χ0n) is 21.1. The number of thiazole rings is 1. The van der Waals surface area contributed by atoms with Gasteiger partial charge in [-0.2, -0.15) is 18.3 Å².